The first-order chi connectivity index (χ1) is 17.9. The van der Waals surface area contributed by atoms with E-state index in [0.717, 1.165) is 6.42 Å². The number of methoxy groups -OCH3 is 1. The van der Waals surface area contributed by atoms with Crippen molar-refractivity contribution in [2.45, 2.75) is 12.8 Å². The van der Waals surface area contributed by atoms with Gasteiger partial charge in [0.1, 0.15) is 11.5 Å². The maximum Gasteiger partial charge on any atom is 0.316 e. The maximum atomic E-state index is 13.4. The van der Waals surface area contributed by atoms with E-state index >= 15 is 0 Å². The van der Waals surface area contributed by atoms with Gasteiger partial charge < -0.3 is 14.4 Å². The van der Waals surface area contributed by atoms with Gasteiger partial charge in [-0.2, -0.15) is 0 Å². The predicted octanol–water partition coefficient (Wildman–Crippen LogP) is 3.21. The Morgan fingerprint density at radius 1 is 0.865 bits per heavy atom. The molecule has 0 spiro atoms. The summed E-state index contributed by atoms with van der Waals surface area (Å²) < 4.78 is 10.9. The van der Waals surface area contributed by atoms with Gasteiger partial charge in [-0.05, 0) is 54.4 Å². The average molecular weight is 499 g/mol. The molecule has 37 heavy (non-hydrogen) atoms. The van der Waals surface area contributed by atoms with E-state index < -0.39 is 11.9 Å². The Kier molecular flexibility index (Phi) is 4.83. The molecule has 2 bridgehead atoms. The zero-order valence-corrected chi connectivity index (χ0v) is 20.3. The van der Waals surface area contributed by atoms with E-state index in [1.807, 2.05) is 0 Å². The van der Waals surface area contributed by atoms with E-state index in [1.54, 1.807) is 60.5 Å². The van der Waals surface area contributed by atoms with E-state index in [1.165, 1.54) is 4.90 Å². The van der Waals surface area contributed by atoms with E-state index in [4.69, 9.17) is 9.47 Å². The number of carbonyl (C=O) groups excluding carboxylic acids is 4. The topological polar surface area (TPSA) is 93.2 Å². The number of hydrogen-bond donors (Lipinski definition) is 0. The number of esters is 1. The third-order valence-electron chi connectivity index (χ3n) is 8.78. The summed E-state index contributed by atoms with van der Waals surface area (Å²) in [6, 6.07) is 13.7. The van der Waals surface area contributed by atoms with Gasteiger partial charge in [0, 0.05) is 30.8 Å². The van der Waals surface area contributed by atoms with Gasteiger partial charge in [0.05, 0.1) is 30.6 Å². The van der Waals surface area contributed by atoms with Crippen LogP contribution >= 0.6 is 0 Å². The average Bonchev–Trinajstić information content (AvgIpc) is 3.58. The highest BCUT2D eigenvalue weighted by Crippen LogP contribution is 2.65. The lowest BCUT2D eigenvalue weighted by Crippen LogP contribution is -2.40. The third kappa shape index (κ3) is 3.35. The van der Waals surface area contributed by atoms with Crippen LogP contribution in [0.15, 0.2) is 60.7 Å². The second-order valence-electron chi connectivity index (χ2n) is 10.7. The standard InChI is InChI=1S/C29H26N2O6/c1-36-18-6-2-4-16(11-18)30-14-15(10-24(30)32)29(35)37-19-7-3-5-17(12-19)31-27(33)25-20-8-9-21(23-13-22(20)23)26(25)28(31)34/h2-9,11-12,15,20-23,25-26H,10,13-14H2,1H3/t15-,20+,21+,22-,23+,25-,26-/m1/s1. The lowest BCUT2D eigenvalue weighted by atomic mass is 9.63. The summed E-state index contributed by atoms with van der Waals surface area (Å²) in [5.41, 5.74) is 1.08. The van der Waals surface area contributed by atoms with Gasteiger partial charge in [-0.1, -0.05) is 24.3 Å². The van der Waals surface area contributed by atoms with E-state index in [2.05, 4.69) is 12.2 Å². The van der Waals surface area contributed by atoms with Gasteiger partial charge in [-0.3, -0.25) is 19.2 Å². The summed E-state index contributed by atoms with van der Waals surface area (Å²) in [5, 5.41) is 0. The summed E-state index contributed by atoms with van der Waals surface area (Å²) >= 11 is 0. The van der Waals surface area contributed by atoms with Crippen LogP contribution in [0.5, 0.6) is 11.5 Å². The fourth-order valence-electron chi connectivity index (χ4n) is 6.99. The summed E-state index contributed by atoms with van der Waals surface area (Å²) in [4.78, 5) is 55.3. The third-order valence-corrected chi connectivity index (χ3v) is 8.78. The van der Waals surface area contributed by atoms with Crippen LogP contribution in [0.1, 0.15) is 12.8 Å². The van der Waals surface area contributed by atoms with Crippen LogP contribution in [-0.2, 0) is 19.2 Å². The number of benzene rings is 2. The Hall–Kier alpha value is -3.94. The Morgan fingerprint density at radius 3 is 2.16 bits per heavy atom. The summed E-state index contributed by atoms with van der Waals surface area (Å²) in [6.07, 6.45) is 5.44. The molecule has 2 saturated heterocycles. The number of rotatable bonds is 5. The molecule has 0 unspecified atom stereocenters. The molecule has 8 heteroatoms. The summed E-state index contributed by atoms with van der Waals surface area (Å²) in [6.45, 7) is 0.203. The zero-order valence-electron chi connectivity index (χ0n) is 20.3. The lowest BCUT2D eigenvalue weighted by Gasteiger charge is -2.37. The minimum Gasteiger partial charge on any atom is -0.497 e. The number of allylic oxidation sites excluding steroid dienone is 2. The van der Waals surface area contributed by atoms with Crippen molar-refractivity contribution in [1.29, 1.82) is 0 Å². The van der Waals surface area contributed by atoms with Crippen LogP contribution in [0.4, 0.5) is 11.4 Å². The smallest absolute Gasteiger partial charge is 0.316 e. The Balaban J connectivity index is 1.07. The highest BCUT2D eigenvalue weighted by Gasteiger charge is 2.67. The van der Waals surface area contributed by atoms with E-state index in [0.29, 0.717) is 29.0 Å². The molecule has 0 N–H and O–H groups in total. The summed E-state index contributed by atoms with van der Waals surface area (Å²) in [5.74, 6) is 0.0301. The maximum absolute atomic E-state index is 13.4. The lowest BCUT2D eigenvalue weighted by molar-refractivity contribution is -0.139. The molecule has 0 aromatic heterocycles. The van der Waals surface area contributed by atoms with Gasteiger partial charge in [0.15, 0.2) is 0 Å². The van der Waals surface area contributed by atoms with Gasteiger partial charge in [-0.15, -0.1) is 0 Å². The van der Waals surface area contributed by atoms with Crippen molar-refractivity contribution in [3.05, 3.63) is 60.7 Å². The molecule has 4 aliphatic carbocycles. The normalized spacial score (nSPS) is 33.0. The fraction of sp³-hybridized carbons (Fsp3) is 0.379. The highest BCUT2D eigenvalue weighted by molar-refractivity contribution is 6.22. The van der Waals surface area contributed by atoms with Crippen LogP contribution in [-0.4, -0.2) is 37.3 Å². The molecule has 4 fully saturated rings. The second kappa shape index (κ2) is 8.03. The molecule has 2 heterocycles. The number of ether oxygens (including phenoxy) is 2. The number of anilines is 2. The van der Waals surface area contributed by atoms with Gasteiger partial charge >= 0.3 is 5.97 Å². The zero-order chi connectivity index (χ0) is 25.4. The number of carbonyl (C=O) groups is 4. The van der Waals surface area contributed by atoms with Crippen molar-refractivity contribution in [2.24, 2.45) is 41.4 Å². The largest absolute Gasteiger partial charge is 0.497 e. The fourth-order valence-corrected chi connectivity index (χ4v) is 6.99. The number of amides is 3. The molecule has 8 nitrogen and oxygen atoms in total. The molecule has 7 atom stereocenters. The van der Waals surface area contributed by atoms with Crippen molar-refractivity contribution in [3.8, 4) is 11.5 Å². The van der Waals surface area contributed by atoms with Gasteiger partial charge in [-0.25, -0.2) is 4.90 Å². The molecule has 2 aromatic carbocycles. The molecular formula is C29H26N2O6. The monoisotopic (exact) mass is 498 g/mol. The van der Waals surface area contributed by atoms with Crippen molar-refractivity contribution in [1.82, 2.24) is 0 Å². The number of imide groups is 1. The first-order valence-electron chi connectivity index (χ1n) is 12.8. The first kappa shape index (κ1) is 22.3. The van der Waals surface area contributed by atoms with Crippen LogP contribution in [0.25, 0.3) is 0 Å². The van der Waals surface area contributed by atoms with Crippen molar-refractivity contribution >= 4 is 35.1 Å². The molecule has 2 saturated carbocycles. The summed E-state index contributed by atoms with van der Waals surface area (Å²) in [7, 11) is 1.56. The Labute approximate surface area is 213 Å². The van der Waals surface area contributed by atoms with Crippen molar-refractivity contribution in [3.63, 3.8) is 0 Å². The number of hydrogen-bond acceptors (Lipinski definition) is 6. The molecule has 8 rings (SSSR count). The molecule has 2 aliphatic heterocycles. The second-order valence-corrected chi connectivity index (χ2v) is 10.7. The van der Waals surface area contributed by atoms with Gasteiger partial charge in [0.25, 0.3) is 0 Å². The highest BCUT2D eigenvalue weighted by atomic mass is 16.5. The first-order valence-corrected chi connectivity index (χ1v) is 12.8. The van der Waals surface area contributed by atoms with Crippen LogP contribution < -0.4 is 19.3 Å². The molecule has 0 radical (unpaired) electrons. The molecule has 3 amide bonds. The van der Waals surface area contributed by atoms with E-state index in [9.17, 15) is 19.2 Å². The predicted molar refractivity (Wildman–Crippen MR) is 133 cm³/mol. The molecule has 188 valence electrons. The van der Waals surface area contributed by atoms with Gasteiger partial charge in [0.2, 0.25) is 17.7 Å². The minimum atomic E-state index is -0.631. The quantitative estimate of drug-likeness (QED) is 0.272. The Morgan fingerprint density at radius 2 is 1.49 bits per heavy atom. The number of nitrogens with zero attached hydrogens (tertiary/aromatic N) is 2. The van der Waals surface area contributed by atoms with Crippen LogP contribution in [0, 0.1) is 41.4 Å². The van der Waals surface area contributed by atoms with Crippen molar-refractivity contribution < 1.29 is 28.7 Å². The SMILES string of the molecule is COc1cccc(N2C[C@H](C(=O)Oc3cccc(N4C(=O)[C@@H]5[C@H]6C=C[C@@H]([C@@H]7C[C@H]67)[C@H]5C4=O)c3)CC2=O)c1. The minimum absolute atomic E-state index is 0.0420. The van der Waals surface area contributed by atoms with Crippen molar-refractivity contribution in [2.75, 3.05) is 23.5 Å². The molecule has 6 aliphatic rings. The molecular weight excluding hydrogens is 472 g/mol. The van der Waals surface area contributed by atoms with Crippen LogP contribution in [0.3, 0.4) is 0 Å². The Bertz CT molecular complexity index is 1350. The van der Waals surface area contributed by atoms with Crippen LogP contribution in [0.2, 0.25) is 0 Å². The molecule has 2 aromatic rings. The van der Waals surface area contributed by atoms with E-state index in [-0.39, 0.29) is 60.1 Å².